The monoisotopic (exact) mass is 311 g/mol. The first-order chi connectivity index (χ1) is 9.56. The number of nitrogens with one attached hydrogen (secondary N) is 1. The Hall–Kier alpha value is -1.72. The lowest BCUT2D eigenvalue weighted by Crippen LogP contribution is -2.14. The summed E-state index contributed by atoms with van der Waals surface area (Å²) in [6.45, 7) is 0. The molecule has 1 aromatic heterocycles. The highest BCUT2D eigenvalue weighted by atomic mass is 35.5. The molecule has 2 rings (SSSR count). The second-order valence-electron chi connectivity index (χ2n) is 4.05. The Morgan fingerprint density at radius 1 is 1.15 bits per heavy atom. The van der Waals surface area contributed by atoms with Crippen LogP contribution in [0.2, 0.25) is 4.34 Å². The molecule has 0 aliphatic heterocycles. The Labute approximate surface area is 124 Å². The molecule has 1 heterocycles. The zero-order valence-electron chi connectivity index (χ0n) is 10.4. The van der Waals surface area contributed by atoms with E-state index in [2.05, 4.69) is 5.32 Å². The summed E-state index contributed by atoms with van der Waals surface area (Å²) in [6.07, 6.45) is 0.0693. The van der Waals surface area contributed by atoms with Gasteiger partial charge in [-0.15, -0.1) is 11.3 Å². The van der Waals surface area contributed by atoms with Gasteiger partial charge in [0.2, 0.25) is 5.91 Å². The molecule has 0 saturated carbocycles. The maximum absolute atomic E-state index is 13.3. The molecule has 0 bridgehead atoms. The average molecular weight is 312 g/mol. The van der Waals surface area contributed by atoms with Gasteiger partial charge in [0.1, 0.15) is 5.82 Å². The first-order valence-electron chi connectivity index (χ1n) is 5.89. The fourth-order valence-corrected chi connectivity index (χ4v) is 2.60. The number of para-hydroxylation sites is 1. The van der Waals surface area contributed by atoms with Crippen molar-refractivity contribution in [3.63, 3.8) is 0 Å². The van der Waals surface area contributed by atoms with Crippen LogP contribution in [-0.4, -0.2) is 11.7 Å². The van der Waals surface area contributed by atoms with E-state index in [1.165, 1.54) is 29.5 Å². The van der Waals surface area contributed by atoms with Gasteiger partial charge in [-0.3, -0.25) is 9.59 Å². The Bertz CT molecular complexity index is 642. The summed E-state index contributed by atoms with van der Waals surface area (Å²) in [6, 6.07) is 9.15. The molecule has 1 aromatic carbocycles. The van der Waals surface area contributed by atoms with Crippen LogP contribution in [0, 0.1) is 5.82 Å². The van der Waals surface area contributed by atoms with Crippen LogP contribution in [0.4, 0.5) is 10.1 Å². The van der Waals surface area contributed by atoms with E-state index in [0.717, 1.165) is 0 Å². The summed E-state index contributed by atoms with van der Waals surface area (Å²) in [7, 11) is 0. The number of carbonyl (C=O) groups is 2. The van der Waals surface area contributed by atoms with Crippen LogP contribution in [0.15, 0.2) is 36.4 Å². The molecule has 0 saturated heterocycles. The predicted molar refractivity (Wildman–Crippen MR) is 77.9 cm³/mol. The first kappa shape index (κ1) is 14.7. The van der Waals surface area contributed by atoms with Crippen molar-refractivity contribution in [2.24, 2.45) is 0 Å². The summed E-state index contributed by atoms with van der Waals surface area (Å²) in [5.41, 5.74) is 0.115. The van der Waals surface area contributed by atoms with E-state index in [1.807, 2.05) is 0 Å². The zero-order valence-corrected chi connectivity index (χ0v) is 11.9. The van der Waals surface area contributed by atoms with E-state index in [4.69, 9.17) is 11.6 Å². The van der Waals surface area contributed by atoms with Crippen molar-refractivity contribution in [1.82, 2.24) is 0 Å². The van der Waals surface area contributed by atoms with Gasteiger partial charge < -0.3 is 5.32 Å². The molecular weight excluding hydrogens is 301 g/mol. The van der Waals surface area contributed by atoms with E-state index in [1.54, 1.807) is 18.2 Å². The molecule has 104 valence electrons. The minimum Gasteiger partial charge on any atom is -0.324 e. The maximum Gasteiger partial charge on any atom is 0.224 e. The third kappa shape index (κ3) is 3.88. The van der Waals surface area contributed by atoms with Gasteiger partial charge in [-0.2, -0.15) is 0 Å². The quantitative estimate of drug-likeness (QED) is 0.843. The topological polar surface area (TPSA) is 46.2 Å². The van der Waals surface area contributed by atoms with E-state index in [9.17, 15) is 14.0 Å². The number of thiophene rings is 1. The first-order valence-corrected chi connectivity index (χ1v) is 7.08. The van der Waals surface area contributed by atoms with Crippen LogP contribution in [0.25, 0.3) is 0 Å². The van der Waals surface area contributed by atoms with E-state index in [0.29, 0.717) is 9.21 Å². The lowest BCUT2D eigenvalue weighted by atomic mass is 10.2. The lowest BCUT2D eigenvalue weighted by Gasteiger charge is -2.05. The number of ketones is 1. The normalized spacial score (nSPS) is 10.3. The van der Waals surface area contributed by atoms with Crippen molar-refractivity contribution in [2.45, 2.75) is 12.8 Å². The van der Waals surface area contributed by atoms with Gasteiger partial charge in [-0.1, -0.05) is 23.7 Å². The summed E-state index contributed by atoms with van der Waals surface area (Å²) >= 11 is 6.92. The molecule has 0 radical (unpaired) electrons. The fraction of sp³-hybridized carbons (Fsp3) is 0.143. The molecule has 1 amide bonds. The van der Waals surface area contributed by atoms with Crippen molar-refractivity contribution in [1.29, 1.82) is 0 Å². The van der Waals surface area contributed by atoms with Crippen LogP contribution < -0.4 is 5.32 Å². The van der Waals surface area contributed by atoms with Crippen LogP contribution in [0.3, 0.4) is 0 Å². The number of Topliss-reactive ketones (excluding diaryl/α,β-unsaturated/α-hetero) is 1. The third-order valence-electron chi connectivity index (χ3n) is 2.58. The second kappa shape index (κ2) is 6.63. The molecular formula is C14H11ClFNO2S. The number of carbonyl (C=O) groups excluding carboxylic acids is 2. The van der Waals surface area contributed by atoms with Gasteiger partial charge in [0.05, 0.1) is 14.9 Å². The number of amides is 1. The molecule has 6 heteroatoms. The summed E-state index contributed by atoms with van der Waals surface area (Å²) in [5, 5.41) is 2.43. The Balaban J connectivity index is 1.87. The van der Waals surface area contributed by atoms with Crippen molar-refractivity contribution in [3.05, 3.63) is 51.4 Å². The van der Waals surface area contributed by atoms with E-state index < -0.39 is 11.7 Å². The molecule has 3 nitrogen and oxygen atoms in total. The molecule has 0 unspecified atom stereocenters. The van der Waals surface area contributed by atoms with Gasteiger partial charge in [-0.05, 0) is 24.3 Å². The van der Waals surface area contributed by atoms with Crippen LogP contribution >= 0.6 is 22.9 Å². The molecule has 2 aromatic rings. The highest BCUT2D eigenvalue weighted by Gasteiger charge is 2.12. The average Bonchev–Trinajstić information content (AvgIpc) is 2.85. The molecule has 0 fully saturated rings. The summed E-state index contributed by atoms with van der Waals surface area (Å²) < 4.78 is 13.9. The van der Waals surface area contributed by atoms with Crippen molar-refractivity contribution in [2.75, 3.05) is 5.32 Å². The predicted octanol–water partition coefficient (Wildman–Crippen LogP) is 4.14. The zero-order chi connectivity index (χ0) is 14.5. The van der Waals surface area contributed by atoms with Crippen molar-refractivity contribution < 1.29 is 14.0 Å². The van der Waals surface area contributed by atoms with Gasteiger partial charge in [0.25, 0.3) is 0 Å². The standard InChI is InChI=1S/C14H11ClFNO2S/c15-13-7-6-12(20-13)11(18)5-8-14(19)17-10-4-2-1-3-9(10)16/h1-4,6-7H,5,8H2,(H,17,19). The Morgan fingerprint density at radius 3 is 2.55 bits per heavy atom. The summed E-state index contributed by atoms with van der Waals surface area (Å²) in [5.74, 6) is -1.05. The van der Waals surface area contributed by atoms with Gasteiger partial charge >= 0.3 is 0 Å². The van der Waals surface area contributed by atoms with Crippen LogP contribution in [0.5, 0.6) is 0 Å². The Morgan fingerprint density at radius 2 is 1.90 bits per heavy atom. The van der Waals surface area contributed by atoms with Crippen LogP contribution in [0.1, 0.15) is 22.5 Å². The second-order valence-corrected chi connectivity index (χ2v) is 5.77. The highest BCUT2D eigenvalue weighted by molar-refractivity contribution is 7.18. The number of hydrogen-bond donors (Lipinski definition) is 1. The number of hydrogen-bond acceptors (Lipinski definition) is 3. The largest absolute Gasteiger partial charge is 0.324 e. The molecule has 1 N–H and O–H groups in total. The molecule has 20 heavy (non-hydrogen) atoms. The lowest BCUT2D eigenvalue weighted by molar-refractivity contribution is -0.116. The molecule has 0 atom stereocenters. The van der Waals surface area contributed by atoms with E-state index in [-0.39, 0.29) is 24.3 Å². The van der Waals surface area contributed by atoms with Gasteiger partial charge in [0, 0.05) is 12.8 Å². The fourth-order valence-electron chi connectivity index (χ4n) is 1.59. The van der Waals surface area contributed by atoms with Crippen LogP contribution in [-0.2, 0) is 4.79 Å². The van der Waals surface area contributed by atoms with Gasteiger partial charge in [-0.25, -0.2) is 4.39 Å². The maximum atomic E-state index is 13.3. The highest BCUT2D eigenvalue weighted by Crippen LogP contribution is 2.23. The minimum absolute atomic E-state index is 0.00267. The number of anilines is 1. The van der Waals surface area contributed by atoms with Crippen molar-refractivity contribution >= 4 is 40.3 Å². The third-order valence-corrected chi connectivity index (χ3v) is 3.85. The smallest absolute Gasteiger partial charge is 0.224 e. The molecule has 0 spiro atoms. The number of halogens is 2. The summed E-state index contributed by atoms with van der Waals surface area (Å²) in [4.78, 5) is 24.0. The van der Waals surface area contributed by atoms with Crippen molar-refractivity contribution in [3.8, 4) is 0 Å². The molecule has 0 aliphatic rings. The minimum atomic E-state index is -0.503. The molecule has 0 aliphatic carbocycles. The van der Waals surface area contributed by atoms with E-state index >= 15 is 0 Å². The number of benzene rings is 1. The Kier molecular flexibility index (Phi) is 4.87. The van der Waals surface area contributed by atoms with Gasteiger partial charge in [0.15, 0.2) is 5.78 Å². The SMILES string of the molecule is O=C(CCC(=O)c1ccc(Cl)s1)Nc1ccccc1F. The number of rotatable bonds is 5.